The normalized spacial score (nSPS) is 10.1. The van der Waals surface area contributed by atoms with Crippen molar-refractivity contribution in [3.8, 4) is 11.4 Å². The lowest BCUT2D eigenvalue weighted by Gasteiger charge is -2.05. The van der Waals surface area contributed by atoms with E-state index in [4.69, 9.17) is 0 Å². The predicted octanol–water partition coefficient (Wildman–Crippen LogP) is 0.727. The fraction of sp³-hybridized carbons (Fsp3) is 0.111. The topological polar surface area (TPSA) is 69.9 Å². The Bertz CT molecular complexity index is 512. The first-order valence-electron chi connectivity index (χ1n) is 4.38. The van der Waals surface area contributed by atoms with Gasteiger partial charge in [-0.25, -0.2) is 9.07 Å². The van der Waals surface area contributed by atoms with Crippen LogP contribution in [0.3, 0.4) is 0 Å². The van der Waals surface area contributed by atoms with Crippen LogP contribution in [0.4, 0.5) is 4.39 Å². The van der Waals surface area contributed by atoms with Gasteiger partial charge in [-0.05, 0) is 22.6 Å². The molecule has 82 valence electrons. The van der Waals surface area contributed by atoms with Gasteiger partial charge in [-0.2, -0.15) is 0 Å². The minimum absolute atomic E-state index is 0.152. The van der Waals surface area contributed by atoms with E-state index in [1.54, 1.807) is 0 Å². The van der Waals surface area contributed by atoms with Gasteiger partial charge in [-0.15, -0.1) is 5.10 Å². The van der Waals surface area contributed by atoms with Crippen LogP contribution in [0.5, 0.6) is 5.75 Å². The molecule has 0 bridgehead atoms. The summed E-state index contributed by atoms with van der Waals surface area (Å²) in [4.78, 5) is 10.7. The van der Waals surface area contributed by atoms with Crippen LogP contribution in [0.25, 0.3) is 5.69 Å². The molecule has 0 spiro atoms. The molecule has 0 saturated heterocycles. The third-order valence-corrected chi connectivity index (χ3v) is 1.78. The lowest BCUT2D eigenvalue weighted by Crippen LogP contribution is -2.04. The second-order valence-corrected chi connectivity index (χ2v) is 2.96. The third-order valence-electron chi connectivity index (χ3n) is 1.78. The van der Waals surface area contributed by atoms with Gasteiger partial charge < -0.3 is 4.74 Å². The first-order valence-corrected chi connectivity index (χ1v) is 4.38. The van der Waals surface area contributed by atoms with E-state index in [9.17, 15) is 9.18 Å². The van der Waals surface area contributed by atoms with Gasteiger partial charge in [0.25, 0.3) is 0 Å². The number of benzene rings is 1. The zero-order valence-electron chi connectivity index (χ0n) is 8.29. The van der Waals surface area contributed by atoms with Crippen LogP contribution in [0.1, 0.15) is 6.92 Å². The molecule has 0 N–H and O–H groups in total. The van der Waals surface area contributed by atoms with Crippen molar-refractivity contribution < 1.29 is 13.9 Å². The van der Waals surface area contributed by atoms with Gasteiger partial charge in [0.05, 0.1) is 5.69 Å². The first kappa shape index (κ1) is 10.2. The molecule has 0 atom stereocenters. The summed E-state index contributed by atoms with van der Waals surface area (Å²) >= 11 is 0. The molecule has 0 aliphatic rings. The number of esters is 1. The van der Waals surface area contributed by atoms with E-state index in [0.717, 1.165) is 0 Å². The van der Waals surface area contributed by atoms with E-state index in [0.29, 0.717) is 5.69 Å². The summed E-state index contributed by atoms with van der Waals surface area (Å²) in [5.41, 5.74) is 0.502. The Morgan fingerprint density at radius 2 is 2.31 bits per heavy atom. The Hall–Kier alpha value is -2.31. The molecule has 1 heterocycles. The van der Waals surface area contributed by atoms with Crippen molar-refractivity contribution in [2.24, 2.45) is 0 Å². The fourth-order valence-electron chi connectivity index (χ4n) is 1.15. The van der Waals surface area contributed by atoms with Crippen LogP contribution in [0.2, 0.25) is 0 Å². The smallest absolute Gasteiger partial charge is 0.308 e. The number of carbonyl (C=O) groups excluding carboxylic acids is 1. The highest BCUT2D eigenvalue weighted by molar-refractivity contribution is 5.69. The molecule has 0 fully saturated rings. The molecule has 0 aliphatic carbocycles. The number of ether oxygens (including phenoxy) is 1. The van der Waals surface area contributed by atoms with Crippen LogP contribution in [0.15, 0.2) is 24.5 Å². The Balaban J connectivity index is 2.39. The standard InChI is InChI=1S/C9H7FN4O2/c1-6(15)16-9-4-7(2-3-8(9)10)14-5-11-12-13-14/h2-5H,1H3. The number of carbonyl (C=O) groups is 1. The monoisotopic (exact) mass is 222 g/mol. The maximum atomic E-state index is 13.2. The van der Waals surface area contributed by atoms with Gasteiger partial charge >= 0.3 is 5.97 Å². The van der Waals surface area contributed by atoms with E-state index in [1.807, 2.05) is 0 Å². The van der Waals surface area contributed by atoms with Crippen molar-refractivity contribution in [3.63, 3.8) is 0 Å². The Morgan fingerprint density at radius 1 is 1.50 bits per heavy atom. The van der Waals surface area contributed by atoms with Gasteiger partial charge in [0.1, 0.15) is 6.33 Å². The number of halogens is 1. The summed E-state index contributed by atoms with van der Waals surface area (Å²) in [5.74, 6) is -1.36. The summed E-state index contributed by atoms with van der Waals surface area (Å²) in [6, 6.07) is 3.99. The highest BCUT2D eigenvalue weighted by Crippen LogP contribution is 2.20. The van der Waals surface area contributed by atoms with Crippen LogP contribution < -0.4 is 4.74 Å². The van der Waals surface area contributed by atoms with Crippen LogP contribution in [0, 0.1) is 5.82 Å². The zero-order chi connectivity index (χ0) is 11.5. The quantitative estimate of drug-likeness (QED) is 0.553. The number of hydrogen-bond acceptors (Lipinski definition) is 5. The second kappa shape index (κ2) is 4.05. The zero-order valence-corrected chi connectivity index (χ0v) is 8.29. The van der Waals surface area contributed by atoms with Gasteiger partial charge in [0, 0.05) is 13.0 Å². The van der Waals surface area contributed by atoms with Crippen molar-refractivity contribution in [1.82, 2.24) is 20.2 Å². The van der Waals surface area contributed by atoms with Crippen molar-refractivity contribution in [1.29, 1.82) is 0 Å². The molecule has 7 heteroatoms. The molecule has 0 radical (unpaired) electrons. The molecule has 2 aromatic rings. The molecule has 0 amide bonds. The van der Waals surface area contributed by atoms with E-state index in [1.165, 1.54) is 36.1 Å². The molecule has 6 nitrogen and oxygen atoms in total. The van der Waals surface area contributed by atoms with Gasteiger partial charge in [-0.3, -0.25) is 4.79 Å². The van der Waals surface area contributed by atoms with Gasteiger partial charge in [0.15, 0.2) is 11.6 Å². The predicted molar refractivity (Wildman–Crippen MR) is 50.4 cm³/mol. The number of tetrazole rings is 1. The Labute approximate surface area is 89.6 Å². The van der Waals surface area contributed by atoms with Crippen molar-refractivity contribution in [2.45, 2.75) is 6.92 Å². The number of nitrogens with zero attached hydrogens (tertiary/aromatic N) is 4. The molecular weight excluding hydrogens is 215 g/mol. The SMILES string of the molecule is CC(=O)Oc1cc(-n2cnnn2)ccc1F. The highest BCUT2D eigenvalue weighted by Gasteiger charge is 2.08. The summed E-state index contributed by atoms with van der Waals surface area (Å²) in [6.45, 7) is 1.20. The van der Waals surface area contributed by atoms with Crippen molar-refractivity contribution in [3.05, 3.63) is 30.3 Å². The van der Waals surface area contributed by atoms with Crippen molar-refractivity contribution >= 4 is 5.97 Å². The Morgan fingerprint density at radius 3 is 2.94 bits per heavy atom. The van der Waals surface area contributed by atoms with Crippen LogP contribution >= 0.6 is 0 Å². The summed E-state index contributed by atoms with van der Waals surface area (Å²) in [5, 5.41) is 10.5. The first-order chi connectivity index (χ1) is 7.66. The fourth-order valence-corrected chi connectivity index (χ4v) is 1.15. The van der Waals surface area contributed by atoms with Crippen molar-refractivity contribution in [2.75, 3.05) is 0 Å². The number of rotatable bonds is 2. The van der Waals surface area contributed by atoms with Gasteiger partial charge in [-0.1, -0.05) is 0 Å². The average Bonchev–Trinajstić information content (AvgIpc) is 2.73. The molecule has 1 aromatic carbocycles. The maximum absolute atomic E-state index is 13.2. The third kappa shape index (κ3) is 2.02. The largest absolute Gasteiger partial charge is 0.423 e. The summed E-state index contributed by atoms with van der Waals surface area (Å²) in [6.07, 6.45) is 1.35. The lowest BCUT2D eigenvalue weighted by molar-refractivity contribution is -0.132. The number of hydrogen-bond donors (Lipinski definition) is 0. The highest BCUT2D eigenvalue weighted by atomic mass is 19.1. The van der Waals surface area contributed by atoms with Crippen LogP contribution in [-0.4, -0.2) is 26.2 Å². The summed E-state index contributed by atoms with van der Waals surface area (Å²) in [7, 11) is 0. The second-order valence-electron chi connectivity index (χ2n) is 2.96. The minimum atomic E-state index is -0.618. The lowest BCUT2D eigenvalue weighted by atomic mass is 10.3. The molecule has 0 saturated carbocycles. The number of aromatic nitrogens is 4. The van der Waals surface area contributed by atoms with E-state index in [2.05, 4.69) is 20.3 Å². The molecule has 2 rings (SSSR count). The molecule has 16 heavy (non-hydrogen) atoms. The Kier molecular flexibility index (Phi) is 2.59. The minimum Gasteiger partial charge on any atom is -0.423 e. The van der Waals surface area contributed by atoms with E-state index < -0.39 is 11.8 Å². The molecule has 0 unspecified atom stereocenters. The van der Waals surface area contributed by atoms with E-state index >= 15 is 0 Å². The van der Waals surface area contributed by atoms with Crippen LogP contribution in [-0.2, 0) is 4.79 Å². The van der Waals surface area contributed by atoms with E-state index in [-0.39, 0.29) is 5.75 Å². The van der Waals surface area contributed by atoms with Gasteiger partial charge in [0.2, 0.25) is 0 Å². The molecular formula is C9H7FN4O2. The molecule has 1 aromatic heterocycles. The maximum Gasteiger partial charge on any atom is 0.308 e. The average molecular weight is 222 g/mol. The molecule has 0 aliphatic heterocycles. The summed E-state index contributed by atoms with van der Waals surface area (Å²) < 4.78 is 19.2.